The molecule has 0 saturated carbocycles. The third kappa shape index (κ3) is 1.84. The van der Waals surface area contributed by atoms with E-state index in [-0.39, 0.29) is 6.54 Å². The van der Waals surface area contributed by atoms with Crippen LogP contribution in [0.15, 0.2) is 28.9 Å². The lowest BCUT2D eigenvalue weighted by molar-refractivity contribution is -0.149. The van der Waals surface area contributed by atoms with Gasteiger partial charge in [-0.15, -0.1) is 0 Å². The summed E-state index contributed by atoms with van der Waals surface area (Å²) in [4.78, 5) is 23.4. The summed E-state index contributed by atoms with van der Waals surface area (Å²) >= 11 is 0. The normalized spacial score (nSPS) is 22.0. The van der Waals surface area contributed by atoms with Crippen molar-refractivity contribution in [1.29, 1.82) is 0 Å². The highest BCUT2D eigenvalue weighted by atomic mass is 19.1. The van der Waals surface area contributed by atoms with Crippen molar-refractivity contribution in [3.05, 3.63) is 35.8 Å². The molecular formula is C14H12FNO4. The van der Waals surface area contributed by atoms with Crippen molar-refractivity contribution >= 4 is 22.8 Å². The molecule has 0 aliphatic carbocycles. The number of carbonyl (C=O) groups is 2. The van der Waals surface area contributed by atoms with Crippen LogP contribution in [0.4, 0.5) is 4.39 Å². The largest absolute Gasteiger partial charge is 0.468 e. The van der Waals surface area contributed by atoms with Gasteiger partial charge in [0.1, 0.15) is 17.3 Å². The summed E-state index contributed by atoms with van der Waals surface area (Å²) < 4.78 is 23.9. The average molecular weight is 277 g/mol. The number of ether oxygens (including phenoxy) is 1. The number of carbonyl (C=O) groups excluding carboxylic acids is 2. The highest BCUT2D eigenvalue weighted by Crippen LogP contribution is 2.34. The quantitative estimate of drug-likeness (QED) is 0.668. The van der Waals surface area contributed by atoms with E-state index < -0.39 is 29.5 Å². The second kappa shape index (κ2) is 4.63. The number of furan rings is 1. The average Bonchev–Trinajstić information content (AvgIpc) is 3.02. The lowest BCUT2D eigenvalue weighted by Crippen LogP contribution is -2.28. The Hall–Kier alpha value is -2.37. The Balaban J connectivity index is 2.07. The summed E-state index contributed by atoms with van der Waals surface area (Å²) in [6, 6.07) is 4.58. The summed E-state index contributed by atoms with van der Waals surface area (Å²) in [6.45, 7) is 0.207. The van der Waals surface area contributed by atoms with Crippen LogP contribution < -0.4 is 5.32 Å². The summed E-state index contributed by atoms with van der Waals surface area (Å²) in [5.41, 5.74) is 0.741. The lowest BCUT2D eigenvalue weighted by Gasteiger charge is -2.15. The molecule has 2 unspecified atom stereocenters. The third-order valence-electron chi connectivity index (χ3n) is 3.61. The fourth-order valence-electron chi connectivity index (χ4n) is 2.60. The number of halogens is 1. The van der Waals surface area contributed by atoms with E-state index in [1.807, 2.05) is 0 Å². The van der Waals surface area contributed by atoms with Gasteiger partial charge in [-0.25, -0.2) is 4.39 Å². The maximum Gasteiger partial charge on any atom is 0.318 e. The van der Waals surface area contributed by atoms with Crippen molar-refractivity contribution in [2.75, 3.05) is 13.7 Å². The Morgan fingerprint density at radius 1 is 1.50 bits per heavy atom. The smallest absolute Gasteiger partial charge is 0.318 e. The first-order chi connectivity index (χ1) is 9.61. The Kier molecular flexibility index (Phi) is 2.93. The van der Waals surface area contributed by atoms with Gasteiger partial charge >= 0.3 is 5.97 Å². The number of hydrogen-bond acceptors (Lipinski definition) is 4. The summed E-state index contributed by atoms with van der Waals surface area (Å²) in [5, 5.41) is 3.30. The van der Waals surface area contributed by atoms with E-state index >= 15 is 0 Å². The van der Waals surface area contributed by atoms with Crippen molar-refractivity contribution < 1.29 is 23.1 Å². The van der Waals surface area contributed by atoms with Gasteiger partial charge in [-0.05, 0) is 17.7 Å². The van der Waals surface area contributed by atoms with E-state index in [9.17, 15) is 14.0 Å². The van der Waals surface area contributed by atoms with Crippen LogP contribution in [-0.2, 0) is 14.3 Å². The van der Waals surface area contributed by atoms with Gasteiger partial charge in [-0.1, -0.05) is 0 Å². The molecule has 3 rings (SSSR count). The molecular weight excluding hydrogens is 265 g/mol. The number of amides is 1. The van der Waals surface area contributed by atoms with Gasteiger partial charge in [0, 0.05) is 23.9 Å². The van der Waals surface area contributed by atoms with Crippen LogP contribution in [0.1, 0.15) is 11.5 Å². The summed E-state index contributed by atoms with van der Waals surface area (Å²) in [5.74, 6) is -3.18. The van der Waals surface area contributed by atoms with Crippen LogP contribution in [0.5, 0.6) is 0 Å². The molecule has 2 heterocycles. The van der Waals surface area contributed by atoms with Gasteiger partial charge in [-0.2, -0.15) is 0 Å². The first kappa shape index (κ1) is 12.7. The molecule has 0 bridgehead atoms. The molecule has 1 aliphatic heterocycles. The number of benzene rings is 1. The number of fused-ring (bicyclic) bond motifs is 1. The molecule has 1 amide bonds. The van der Waals surface area contributed by atoms with E-state index in [1.165, 1.54) is 19.4 Å². The van der Waals surface area contributed by atoms with E-state index in [2.05, 4.69) is 10.1 Å². The molecule has 1 saturated heterocycles. The van der Waals surface area contributed by atoms with E-state index in [0.29, 0.717) is 11.1 Å². The monoisotopic (exact) mass is 277 g/mol. The molecule has 5 nitrogen and oxygen atoms in total. The first-order valence-corrected chi connectivity index (χ1v) is 6.14. The molecule has 104 valence electrons. The molecule has 2 atom stereocenters. The highest BCUT2D eigenvalue weighted by Gasteiger charge is 2.43. The summed E-state index contributed by atoms with van der Waals surface area (Å²) in [6.07, 6.45) is 1.46. The molecule has 2 aromatic rings. The summed E-state index contributed by atoms with van der Waals surface area (Å²) in [7, 11) is 1.21. The van der Waals surface area contributed by atoms with Crippen LogP contribution >= 0.6 is 0 Å². The molecule has 1 aromatic heterocycles. The molecule has 6 heteroatoms. The Morgan fingerprint density at radius 3 is 3.05 bits per heavy atom. The molecule has 0 spiro atoms. The molecule has 0 radical (unpaired) electrons. The van der Waals surface area contributed by atoms with Crippen LogP contribution in [0, 0.1) is 11.7 Å². The van der Waals surface area contributed by atoms with Crippen molar-refractivity contribution in [1.82, 2.24) is 5.32 Å². The van der Waals surface area contributed by atoms with Gasteiger partial charge in [0.25, 0.3) is 0 Å². The van der Waals surface area contributed by atoms with Crippen molar-refractivity contribution in [3.8, 4) is 0 Å². The third-order valence-corrected chi connectivity index (χ3v) is 3.61. The second-order valence-electron chi connectivity index (χ2n) is 4.68. The van der Waals surface area contributed by atoms with Gasteiger partial charge in [-0.3, -0.25) is 9.59 Å². The second-order valence-corrected chi connectivity index (χ2v) is 4.68. The Morgan fingerprint density at radius 2 is 2.30 bits per heavy atom. The molecule has 1 aromatic carbocycles. The number of methoxy groups -OCH3 is 1. The van der Waals surface area contributed by atoms with Gasteiger partial charge < -0.3 is 14.5 Å². The van der Waals surface area contributed by atoms with Gasteiger partial charge in [0.05, 0.1) is 13.4 Å². The number of esters is 1. The van der Waals surface area contributed by atoms with Gasteiger partial charge in [0.15, 0.2) is 0 Å². The minimum atomic E-state index is -1.01. The maximum atomic E-state index is 14.2. The van der Waals surface area contributed by atoms with E-state index in [0.717, 1.165) is 5.39 Å². The fourth-order valence-corrected chi connectivity index (χ4v) is 2.60. The Labute approximate surface area is 113 Å². The Bertz CT molecular complexity index is 694. The van der Waals surface area contributed by atoms with E-state index in [4.69, 9.17) is 4.42 Å². The predicted molar refractivity (Wildman–Crippen MR) is 67.4 cm³/mol. The minimum absolute atomic E-state index is 0.207. The topological polar surface area (TPSA) is 68.5 Å². The minimum Gasteiger partial charge on any atom is -0.468 e. The zero-order chi connectivity index (χ0) is 14.3. The maximum absolute atomic E-state index is 14.2. The molecule has 1 aliphatic rings. The number of hydrogen-bond donors (Lipinski definition) is 1. The predicted octanol–water partition coefficient (Wildman–Crippen LogP) is 1.57. The molecule has 1 N–H and O–H groups in total. The standard InChI is InChI=1S/C14H12FNO4/c1-19-14(18)12-9(6-16-13(12)17)8-4-7-2-3-20-11(7)5-10(8)15/h2-5,9,12H,6H2,1H3,(H,16,17). The van der Waals surface area contributed by atoms with Crippen molar-refractivity contribution in [2.24, 2.45) is 5.92 Å². The van der Waals surface area contributed by atoms with Crippen LogP contribution in [0.3, 0.4) is 0 Å². The van der Waals surface area contributed by atoms with Crippen LogP contribution in [-0.4, -0.2) is 25.5 Å². The van der Waals surface area contributed by atoms with Gasteiger partial charge in [0.2, 0.25) is 5.91 Å². The van der Waals surface area contributed by atoms with Crippen molar-refractivity contribution in [3.63, 3.8) is 0 Å². The zero-order valence-corrected chi connectivity index (χ0v) is 10.7. The lowest BCUT2D eigenvalue weighted by atomic mass is 9.87. The SMILES string of the molecule is COC(=O)C1C(=O)NCC1c1cc2ccoc2cc1F. The van der Waals surface area contributed by atoms with Crippen LogP contribution in [0.2, 0.25) is 0 Å². The van der Waals surface area contributed by atoms with E-state index in [1.54, 1.807) is 12.1 Å². The fraction of sp³-hybridized carbons (Fsp3) is 0.286. The first-order valence-electron chi connectivity index (χ1n) is 6.14. The molecule has 20 heavy (non-hydrogen) atoms. The number of rotatable bonds is 2. The highest BCUT2D eigenvalue weighted by molar-refractivity contribution is 6.00. The van der Waals surface area contributed by atoms with Crippen molar-refractivity contribution in [2.45, 2.75) is 5.92 Å². The zero-order valence-electron chi connectivity index (χ0n) is 10.7. The number of nitrogens with one attached hydrogen (secondary N) is 1. The van der Waals surface area contributed by atoms with Crippen LogP contribution in [0.25, 0.3) is 11.0 Å². The molecule has 1 fully saturated rings.